The molecule has 1 aliphatic rings. The Kier molecular flexibility index (Phi) is 3.87. The second kappa shape index (κ2) is 6.19. The first-order valence-corrected chi connectivity index (χ1v) is 8.31. The van der Waals surface area contributed by atoms with Crippen LogP contribution in [0.2, 0.25) is 0 Å². The molecule has 25 heavy (non-hydrogen) atoms. The van der Waals surface area contributed by atoms with Gasteiger partial charge in [-0.1, -0.05) is 0 Å². The van der Waals surface area contributed by atoms with Gasteiger partial charge in [0, 0.05) is 36.1 Å². The highest BCUT2D eigenvalue weighted by Crippen LogP contribution is 2.27. The molecule has 0 radical (unpaired) electrons. The summed E-state index contributed by atoms with van der Waals surface area (Å²) in [5, 5.41) is 7.47. The molecule has 1 aromatic carbocycles. The highest BCUT2D eigenvalue weighted by Gasteiger charge is 2.26. The largest absolute Gasteiger partial charge is 0.367 e. The molecule has 4 N–H and O–H groups in total. The van der Waals surface area contributed by atoms with Gasteiger partial charge in [-0.15, -0.1) is 5.10 Å². The molecule has 0 unspecified atom stereocenters. The second-order valence-electron chi connectivity index (χ2n) is 6.41. The lowest BCUT2D eigenvalue weighted by atomic mass is 9.95. The molecule has 0 atom stereocenters. The third-order valence-electron chi connectivity index (χ3n) is 4.83. The molecular weight excluding hydrogens is 323 g/mol. The van der Waals surface area contributed by atoms with Gasteiger partial charge in [0.2, 0.25) is 11.9 Å². The Labute approximate surface area is 143 Å². The minimum atomic E-state index is -0.298. The van der Waals surface area contributed by atoms with Crippen molar-refractivity contribution in [3.63, 3.8) is 0 Å². The SMILES string of the molecule is Nc1n[nH]c(C2CCN(C(=O)Cc3c[nH]c4ccc(F)cc34)CC2)n1. The van der Waals surface area contributed by atoms with Gasteiger partial charge in [0.05, 0.1) is 6.42 Å². The quantitative estimate of drug-likeness (QED) is 0.677. The van der Waals surface area contributed by atoms with Crippen LogP contribution < -0.4 is 5.73 Å². The number of amides is 1. The number of carbonyl (C=O) groups excluding carboxylic acids is 1. The van der Waals surface area contributed by atoms with Gasteiger partial charge in [-0.3, -0.25) is 9.89 Å². The molecule has 0 bridgehead atoms. The molecule has 0 aliphatic carbocycles. The topological polar surface area (TPSA) is 104 Å². The minimum absolute atomic E-state index is 0.0562. The van der Waals surface area contributed by atoms with Crippen LogP contribution in [0.25, 0.3) is 10.9 Å². The van der Waals surface area contributed by atoms with E-state index in [2.05, 4.69) is 20.2 Å². The molecule has 0 spiro atoms. The summed E-state index contributed by atoms with van der Waals surface area (Å²) < 4.78 is 13.5. The molecule has 0 saturated carbocycles. The Balaban J connectivity index is 1.41. The molecule has 4 rings (SSSR count). The van der Waals surface area contributed by atoms with Gasteiger partial charge in [0.15, 0.2) is 0 Å². The van der Waals surface area contributed by atoms with E-state index in [1.165, 1.54) is 12.1 Å². The number of nitrogens with two attached hydrogens (primary N) is 1. The lowest BCUT2D eigenvalue weighted by Gasteiger charge is -2.31. The molecular formula is C17H19FN6O. The summed E-state index contributed by atoms with van der Waals surface area (Å²) in [6.07, 6.45) is 3.70. The van der Waals surface area contributed by atoms with E-state index in [1.807, 2.05) is 4.90 Å². The number of piperidine rings is 1. The smallest absolute Gasteiger partial charge is 0.239 e. The number of aromatic amines is 2. The van der Waals surface area contributed by atoms with E-state index < -0.39 is 0 Å². The predicted octanol–water partition coefficient (Wildman–Crippen LogP) is 1.96. The minimum Gasteiger partial charge on any atom is -0.367 e. The van der Waals surface area contributed by atoms with Gasteiger partial charge in [-0.05, 0) is 36.6 Å². The Morgan fingerprint density at radius 1 is 1.36 bits per heavy atom. The van der Waals surface area contributed by atoms with Gasteiger partial charge in [-0.2, -0.15) is 4.98 Å². The van der Waals surface area contributed by atoms with E-state index in [-0.39, 0.29) is 30.0 Å². The van der Waals surface area contributed by atoms with E-state index in [9.17, 15) is 9.18 Å². The number of benzene rings is 1. The molecule has 1 aliphatic heterocycles. The number of nitrogens with one attached hydrogen (secondary N) is 2. The monoisotopic (exact) mass is 342 g/mol. The summed E-state index contributed by atoms with van der Waals surface area (Å²) in [5.41, 5.74) is 7.21. The summed E-state index contributed by atoms with van der Waals surface area (Å²) >= 11 is 0. The normalized spacial score (nSPS) is 15.8. The van der Waals surface area contributed by atoms with Crippen LogP contribution in [-0.2, 0) is 11.2 Å². The molecule has 2 aromatic heterocycles. The lowest BCUT2D eigenvalue weighted by molar-refractivity contribution is -0.131. The van der Waals surface area contributed by atoms with Crippen molar-refractivity contribution in [2.45, 2.75) is 25.2 Å². The van der Waals surface area contributed by atoms with Crippen molar-refractivity contribution in [3.8, 4) is 0 Å². The van der Waals surface area contributed by atoms with Crippen LogP contribution in [0.3, 0.4) is 0 Å². The zero-order valence-corrected chi connectivity index (χ0v) is 13.6. The first-order valence-electron chi connectivity index (χ1n) is 8.31. The molecule has 130 valence electrons. The number of likely N-dealkylation sites (tertiary alicyclic amines) is 1. The van der Waals surface area contributed by atoms with E-state index in [1.54, 1.807) is 12.3 Å². The number of rotatable bonds is 3. The van der Waals surface area contributed by atoms with Crippen LogP contribution in [0.5, 0.6) is 0 Å². The summed E-state index contributed by atoms with van der Waals surface area (Å²) in [4.78, 5) is 21.7. The van der Waals surface area contributed by atoms with E-state index in [0.717, 1.165) is 35.1 Å². The maximum Gasteiger partial charge on any atom is 0.239 e. The number of nitrogens with zero attached hydrogens (tertiary/aromatic N) is 3. The number of aromatic nitrogens is 4. The van der Waals surface area contributed by atoms with Gasteiger partial charge in [0.1, 0.15) is 11.6 Å². The number of carbonyl (C=O) groups is 1. The number of nitrogen functional groups attached to an aromatic ring is 1. The number of hydrogen-bond acceptors (Lipinski definition) is 4. The van der Waals surface area contributed by atoms with Gasteiger partial charge < -0.3 is 15.6 Å². The molecule has 1 fully saturated rings. The standard InChI is InChI=1S/C17H19FN6O/c18-12-1-2-14-13(8-12)11(9-20-14)7-15(25)24-5-3-10(4-6-24)16-21-17(19)23-22-16/h1-2,8-10,20H,3-7H2,(H3,19,21,22,23). The zero-order chi connectivity index (χ0) is 17.4. The lowest BCUT2D eigenvalue weighted by Crippen LogP contribution is -2.39. The van der Waals surface area contributed by atoms with Gasteiger partial charge in [0.25, 0.3) is 0 Å². The van der Waals surface area contributed by atoms with Crippen LogP contribution in [-0.4, -0.2) is 44.1 Å². The fraction of sp³-hybridized carbons (Fsp3) is 0.353. The van der Waals surface area contributed by atoms with Crippen molar-refractivity contribution in [2.24, 2.45) is 0 Å². The number of halogens is 1. The maximum atomic E-state index is 13.5. The molecule has 3 heterocycles. The average Bonchev–Trinajstić information content (AvgIpc) is 3.22. The number of fused-ring (bicyclic) bond motifs is 1. The third kappa shape index (κ3) is 3.07. The van der Waals surface area contributed by atoms with Gasteiger partial charge >= 0.3 is 0 Å². The van der Waals surface area contributed by atoms with Crippen molar-refractivity contribution in [1.29, 1.82) is 0 Å². The Hall–Kier alpha value is -2.90. The Morgan fingerprint density at radius 3 is 2.88 bits per heavy atom. The predicted molar refractivity (Wildman–Crippen MR) is 91.3 cm³/mol. The summed E-state index contributed by atoms with van der Waals surface area (Å²) in [7, 11) is 0. The van der Waals surface area contributed by atoms with E-state index in [0.29, 0.717) is 13.1 Å². The summed E-state index contributed by atoms with van der Waals surface area (Å²) in [6, 6.07) is 4.56. The highest BCUT2D eigenvalue weighted by molar-refractivity contribution is 5.89. The van der Waals surface area contributed by atoms with Crippen LogP contribution in [0.1, 0.15) is 30.1 Å². The van der Waals surface area contributed by atoms with Crippen molar-refractivity contribution >= 4 is 22.8 Å². The fourth-order valence-electron chi connectivity index (χ4n) is 3.44. The van der Waals surface area contributed by atoms with E-state index >= 15 is 0 Å². The first kappa shape index (κ1) is 15.6. The second-order valence-corrected chi connectivity index (χ2v) is 6.41. The molecule has 1 saturated heterocycles. The number of H-pyrrole nitrogens is 2. The molecule has 8 heteroatoms. The Bertz CT molecular complexity index is 909. The summed E-state index contributed by atoms with van der Waals surface area (Å²) in [5.74, 6) is 1.04. The van der Waals surface area contributed by atoms with Crippen LogP contribution in [0.15, 0.2) is 24.4 Å². The van der Waals surface area contributed by atoms with Crippen molar-refractivity contribution in [1.82, 2.24) is 25.1 Å². The zero-order valence-electron chi connectivity index (χ0n) is 13.6. The fourth-order valence-corrected chi connectivity index (χ4v) is 3.44. The number of hydrogen-bond donors (Lipinski definition) is 3. The summed E-state index contributed by atoms with van der Waals surface area (Å²) in [6.45, 7) is 1.33. The van der Waals surface area contributed by atoms with Gasteiger partial charge in [-0.25, -0.2) is 4.39 Å². The number of anilines is 1. The molecule has 1 amide bonds. The maximum absolute atomic E-state index is 13.5. The van der Waals surface area contributed by atoms with Crippen molar-refractivity contribution in [2.75, 3.05) is 18.8 Å². The first-order chi connectivity index (χ1) is 12.1. The van der Waals surface area contributed by atoms with Crippen molar-refractivity contribution < 1.29 is 9.18 Å². The highest BCUT2D eigenvalue weighted by atomic mass is 19.1. The third-order valence-corrected chi connectivity index (χ3v) is 4.83. The molecule has 3 aromatic rings. The Morgan fingerprint density at radius 2 is 2.16 bits per heavy atom. The average molecular weight is 342 g/mol. The van der Waals surface area contributed by atoms with Crippen LogP contribution in [0.4, 0.5) is 10.3 Å². The van der Waals surface area contributed by atoms with Crippen molar-refractivity contribution in [3.05, 3.63) is 41.6 Å². The van der Waals surface area contributed by atoms with Crippen LogP contribution in [0, 0.1) is 5.82 Å². The van der Waals surface area contributed by atoms with Crippen LogP contribution >= 0.6 is 0 Å². The van der Waals surface area contributed by atoms with E-state index in [4.69, 9.17) is 5.73 Å². The molecule has 7 nitrogen and oxygen atoms in total.